The van der Waals surface area contributed by atoms with Crippen LogP contribution in [0.2, 0.25) is 5.02 Å². The zero-order valence-electron chi connectivity index (χ0n) is 9.64. The lowest BCUT2D eigenvalue weighted by Crippen LogP contribution is -2.13. The number of aryl methyl sites for hydroxylation is 1. The number of nitrogens with zero attached hydrogens (tertiary/aromatic N) is 1. The fourth-order valence-electron chi connectivity index (χ4n) is 1.46. The normalized spacial score (nSPS) is 10.3. The molecule has 0 spiro atoms. The van der Waals surface area contributed by atoms with Crippen molar-refractivity contribution in [3.8, 4) is 5.75 Å². The fraction of sp³-hybridized carbons (Fsp3) is 0.167. The highest BCUT2D eigenvalue weighted by Crippen LogP contribution is 2.24. The molecule has 0 unspecified atom stereocenters. The highest BCUT2D eigenvalue weighted by Gasteiger charge is 2.11. The molecule has 2 N–H and O–H groups in total. The summed E-state index contributed by atoms with van der Waals surface area (Å²) in [7, 11) is 0. The van der Waals surface area contributed by atoms with Crippen molar-refractivity contribution in [1.29, 1.82) is 0 Å². The topological polar surface area (TPSA) is 78.4 Å². The van der Waals surface area contributed by atoms with E-state index in [9.17, 15) is 4.79 Å². The van der Waals surface area contributed by atoms with Gasteiger partial charge in [-0.3, -0.25) is 4.79 Å². The Morgan fingerprint density at radius 3 is 2.89 bits per heavy atom. The Morgan fingerprint density at radius 1 is 1.50 bits per heavy atom. The number of hydrogen-bond acceptors (Lipinski definition) is 4. The molecule has 1 heterocycles. The molecule has 0 saturated carbocycles. The first-order valence-electron chi connectivity index (χ1n) is 5.20. The molecule has 0 saturated heterocycles. The fourth-order valence-corrected chi connectivity index (χ4v) is 1.62. The molecule has 1 aromatic heterocycles. The van der Waals surface area contributed by atoms with Gasteiger partial charge in [0.25, 0.3) is 5.91 Å². The summed E-state index contributed by atoms with van der Waals surface area (Å²) in [6.45, 7) is 1.96. The first kappa shape index (κ1) is 12.4. The van der Waals surface area contributed by atoms with E-state index in [2.05, 4.69) is 5.16 Å². The van der Waals surface area contributed by atoms with E-state index >= 15 is 0 Å². The second kappa shape index (κ2) is 5.10. The van der Waals surface area contributed by atoms with E-state index in [1.807, 2.05) is 0 Å². The number of amides is 1. The van der Waals surface area contributed by atoms with Crippen LogP contribution in [0.15, 0.2) is 28.8 Å². The molecule has 0 aliphatic rings. The predicted octanol–water partition coefficient (Wildman–Crippen LogP) is 2.31. The Balaban J connectivity index is 2.17. The van der Waals surface area contributed by atoms with Gasteiger partial charge in [0, 0.05) is 11.1 Å². The lowest BCUT2D eigenvalue weighted by Gasteiger charge is -2.08. The minimum Gasteiger partial charge on any atom is -0.486 e. The van der Waals surface area contributed by atoms with Gasteiger partial charge in [0.1, 0.15) is 23.8 Å². The van der Waals surface area contributed by atoms with Crippen LogP contribution < -0.4 is 10.5 Å². The molecule has 2 aromatic rings. The predicted molar refractivity (Wildman–Crippen MR) is 65.5 cm³/mol. The van der Waals surface area contributed by atoms with Crippen molar-refractivity contribution in [2.24, 2.45) is 5.73 Å². The number of ether oxygens (including phenoxy) is 1. The zero-order valence-corrected chi connectivity index (χ0v) is 10.4. The summed E-state index contributed by atoms with van der Waals surface area (Å²) < 4.78 is 10.4. The van der Waals surface area contributed by atoms with Gasteiger partial charge in [-0.05, 0) is 25.1 Å². The van der Waals surface area contributed by atoms with E-state index in [-0.39, 0.29) is 12.2 Å². The SMILES string of the molecule is Cc1cc(COc2cc(Cl)ccc2C(N)=O)no1. The molecule has 5 nitrogen and oxygen atoms in total. The minimum absolute atomic E-state index is 0.179. The standard InChI is InChI=1S/C12H11ClN2O3/c1-7-4-9(15-18-7)6-17-11-5-8(13)2-3-10(11)12(14)16/h2-5H,6H2,1H3,(H2,14,16). The van der Waals surface area contributed by atoms with E-state index in [0.717, 1.165) is 0 Å². The van der Waals surface area contributed by atoms with E-state index in [1.54, 1.807) is 19.1 Å². The second-order valence-corrected chi connectivity index (χ2v) is 4.16. The zero-order chi connectivity index (χ0) is 13.1. The molecular formula is C12H11ClN2O3. The number of carbonyl (C=O) groups excluding carboxylic acids is 1. The number of carbonyl (C=O) groups is 1. The van der Waals surface area contributed by atoms with E-state index in [0.29, 0.717) is 22.2 Å². The third kappa shape index (κ3) is 2.81. The van der Waals surface area contributed by atoms with Crippen LogP contribution in [0, 0.1) is 6.92 Å². The van der Waals surface area contributed by atoms with Crippen LogP contribution >= 0.6 is 11.6 Å². The van der Waals surface area contributed by atoms with Gasteiger partial charge in [0.2, 0.25) is 0 Å². The molecule has 94 valence electrons. The Kier molecular flexibility index (Phi) is 3.53. The van der Waals surface area contributed by atoms with Crippen molar-refractivity contribution < 1.29 is 14.1 Å². The molecule has 2 rings (SSSR count). The van der Waals surface area contributed by atoms with Crippen molar-refractivity contribution in [3.05, 3.63) is 46.3 Å². The molecule has 6 heteroatoms. The van der Waals surface area contributed by atoms with Gasteiger partial charge in [-0.15, -0.1) is 0 Å². The van der Waals surface area contributed by atoms with Crippen LogP contribution in [0.3, 0.4) is 0 Å². The van der Waals surface area contributed by atoms with E-state index < -0.39 is 5.91 Å². The van der Waals surface area contributed by atoms with E-state index in [1.165, 1.54) is 12.1 Å². The summed E-state index contributed by atoms with van der Waals surface area (Å²) >= 11 is 5.84. The van der Waals surface area contributed by atoms with Gasteiger partial charge in [-0.25, -0.2) is 0 Å². The molecule has 0 aliphatic carbocycles. The third-order valence-corrected chi connectivity index (χ3v) is 2.50. The van der Waals surface area contributed by atoms with Crippen LogP contribution in [0.4, 0.5) is 0 Å². The Bertz CT molecular complexity index is 580. The number of benzene rings is 1. The van der Waals surface area contributed by atoms with Gasteiger partial charge < -0.3 is 15.0 Å². The summed E-state index contributed by atoms with van der Waals surface area (Å²) in [6.07, 6.45) is 0. The molecule has 0 atom stereocenters. The summed E-state index contributed by atoms with van der Waals surface area (Å²) in [5.41, 5.74) is 6.15. The Morgan fingerprint density at radius 2 is 2.28 bits per heavy atom. The van der Waals surface area contributed by atoms with Crippen LogP contribution in [0.1, 0.15) is 21.8 Å². The summed E-state index contributed by atoms with van der Waals surface area (Å²) in [5.74, 6) is 0.448. The smallest absolute Gasteiger partial charge is 0.252 e. The number of rotatable bonds is 4. The van der Waals surface area contributed by atoms with Crippen LogP contribution in [-0.4, -0.2) is 11.1 Å². The molecule has 0 bridgehead atoms. The Hall–Kier alpha value is -2.01. The molecular weight excluding hydrogens is 256 g/mol. The largest absolute Gasteiger partial charge is 0.486 e. The molecule has 0 aliphatic heterocycles. The average Bonchev–Trinajstić information content (AvgIpc) is 2.72. The second-order valence-electron chi connectivity index (χ2n) is 3.72. The molecule has 0 fully saturated rings. The molecule has 1 amide bonds. The highest BCUT2D eigenvalue weighted by molar-refractivity contribution is 6.30. The quantitative estimate of drug-likeness (QED) is 0.921. The van der Waals surface area contributed by atoms with Gasteiger partial charge in [0.05, 0.1) is 5.56 Å². The highest BCUT2D eigenvalue weighted by atomic mass is 35.5. The van der Waals surface area contributed by atoms with Crippen LogP contribution in [0.25, 0.3) is 0 Å². The first-order valence-corrected chi connectivity index (χ1v) is 5.58. The van der Waals surface area contributed by atoms with Crippen molar-refractivity contribution >= 4 is 17.5 Å². The van der Waals surface area contributed by atoms with Crippen molar-refractivity contribution in [2.75, 3.05) is 0 Å². The molecule has 18 heavy (non-hydrogen) atoms. The lowest BCUT2D eigenvalue weighted by molar-refractivity contribution is 0.0996. The monoisotopic (exact) mass is 266 g/mol. The number of nitrogens with two attached hydrogens (primary N) is 1. The number of aromatic nitrogens is 1. The Labute approximate surface area is 108 Å². The van der Waals surface area contributed by atoms with Crippen molar-refractivity contribution in [2.45, 2.75) is 13.5 Å². The molecule has 0 radical (unpaired) electrons. The molecule has 1 aromatic carbocycles. The van der Waals surface area contributed by atoms with Crippen LogP contribution in [-0.2, 0) is 6.61 Å². The maximum absolute atomic E-state index is 11.2. The van der Waals surface area contributed by atoms with Crippen LogP contribution in [0.5, 0.6) is 5.75 Å². The summed E-state index contributed by atoms with van der Waals surface area (Å²) in [6, 6.07) is 6.38. The number of halogens is 1. The third-order valence-electron chi connectivity index (χ3n) is 2.26. The van der Waals surface area contributed by atoms with Gasteiger partial charge in [0.15, 0.2) is 0 Å². The summed E-state index contributed by atoms with van der Waals surface area (Å²) in [4.78, 5) is 11.2. The number of hydrogen-bond donors (Lipinski definition) is 1. The maximum atomic E-state index is 11.2. The van der Waals surface area contributed by atoms with Crippen molar-refractivity contribution in [1.82, 2.24) is 5.16 Å². The summed E-state index contributed by atoms with van der Waals surface area (Å²) in [5, 5.41) is 4.24. The van der Waals surface area contributed by atoms with Gasteiger partial charge in [-0.1, -0.05) is 16.8 Å². The van der Waals surface area contributed by atoms with Gasteiger partial charge >= 0.3 is 0 Å². The minimum atomic E-state index is -0.571. The maximum Gasteiger partial charge on any atom is 0.252 e. The lowest BCUT2D eigenvalue weighted by atomic mass is 10.2. The van der Waals surface area contributed by atoms with E-state index in [4.69, 9.17) is 26.6 Å². The first-order chi connectivity index (χ1) is 8.56. The average molecular weight is 267 g/mol. The number of primary amides is 1. The van der Waals surface area contributed by atoms with Crippen molar-refractivity contribution in [3.63, 3.8) is 0 Å². The van der Waals surface area contributed by atoms with Gasteiger partial charge in [-0.2, -0.15) is 0 Å².